The topological polar surface area (TPSA) is 173 Å². The summed E-state index contributed by atoms with van der Waals surface area (Å²) in [4.78, 5) is 44.2. The fourth-order valence-electron chi connectivity index (χ4n) is 4.79. The van der Waals surface area contributed by atoms with E-state index in [2.05, 4.69) is 0 Å². The van der Waals surface area contributed by atoms with Crippen LogP contribution in [-0.2, 0) is 0 Å². The maximum absolute atomic E-state index is 11.7. The molecule has 4 rings (SSSR count). The van der Waals surface area contributed by atoms with E-state index in [-0.39, 0.29) is 74.2 Å². The number of nitro groups is 4. The summed E-state index contributed by atoms with van der Waals surface area (Å²) >= 11 is 0. The molecule has 0 radical (unpaired) electrons. The van der Waals surface area contributed by atoms with Crippen LogP contribution in [0.15, 0.2) is 97.1 Å². The Labute approximate surface area is 236 Å². The molecule has 0 bridgehead atoms. The molecule has 0 saturated carbocycles. The summed E-state index contributed by atoms with van der Waals surface area (Å²) in [6.45, 7) is 0. The van der Waals surface area contributed by atoms with Gasteiger partial charge in [-0.05, 0) is 24.3 Å². The first kappa shape index (κ1) is 28.1. The van der Waals surface area contributed by atoms with E-state index in [1.54, 1.807) is 24.3 Å². The Morgan fingerprint density at radius 2 is 0.632 bits per heavy atom. The summed E-state index contributed by atoms with van der Waals surface area (Å²) in [6, 6.07) is 22.1. The zero-order valence-corrected chi connectivity index (χ0v) is 21.9. The van der Waals surface area contributed by atoms with E-state index in [0.717, 1.165) is 0 Å². The van der Waals surface area contributed by atoms with Gasteiger partial charge in [0.1, 0.15) is 6.15 Å². The minimum absolute atomic E-state index is 0. The molecule has 0 aromatic heterocycles. The Kier molecular flexibility index (Phi) is 8.36. The third-order valence-electron chi connectivity index (χ3n) is 6.32. The number of nitrogens with zero attached hydrogens (tertiary/aromatic N) is 4. The van der Waals surface area contributed by atoms with Gasteiger partial charge in [0.2, 0.25) is 0 Å². The second-order valence-electron chi connectivity index (χ2n) is 8.27. The van der Waals surface area contributed by atoms with Crippen LogP contribution < -0.4 is 51.4 Å². The van der Waals surface area contributed by atoms with Crippen molar-refractivity contribution < 1.29 is 49.3 Å². The minimum atomic E-state index is -2.63. The fraction of sp³-hybridized carbons (Fsp3) is 0. The van der Waals surface area contributed by atoms with E-state index in [9.17, 15) is 40.5 Å². The Bertz CT molecular complexity index is 1350. The molecule has 184 valence electrons. The molecule has 38 heavy (non-hydrogen) atoms. The summed E-state index contributed by atoms with van der Waals surface area (Å²) in [5.41, 5.74) is 0.00273. The molecule has 0 N–H and O–H groups in total. The molecule has 12 nitrogen and oxygen atoms in total. The van der Waals surface area contributed by atoms with Gasteiger partial charge in [-0.15, -0.1) is 0 Å². The van der Waals surface area contributed by atoms with E-state index < -0.39 is 25.8 Å². The molecule has 0 spiro atoms. The van der Waals surface area contributed by atoms with Gasteiger partial charge < -0.3 is 0 Å². The van der Waals surface area contributed by atoms with Crippen LogP contribution in [0.2, 0.25) is 0 Å². The largest absolute Gasteiger partial charge is 1.00 e. The van der Waals surface area contributed by atoms with E-state index in [0.29, 0.717) is 0 Å². The standard InChI is InChI=1S/C24H16BN4O8.Na/c30-26(31)21-9-1-5-17(13-21)25(18-6-2-10-22(14-18)27(32)33,19-7-3-11-23(15-19)28(34)35)20-8-4-12-24(16-20)29(36)37;/h1-16H;/q-1;+1. The van der Waals surface area contributed by atoms with Crippen molar-refractivity contribution in [1.29, 1.82) is 0 Å². The zero-order valence-electron chi connectivity index (χ0n) is 19.9. The number of hydrogen-bond donors (Lipinski definition) is 0. The maximum atomic E-state index is 11.7. The third kappa shape index (κ3) is 5.16. The van der Waals surface area contributed by atoms with E-state index >= 15 is 0 Å². The summed E-state index contributed by atoms with van der Waals surface area (Å²) in [6.07, 6.45) is -2.63. The van der Waals surface area contributed by atoms with Gasteiger partial charge in [-0.1, -0.05) is 48.5 Å². The zero-order chi connectivity index (χ0) is 26.7. The van der Waals surface area contributed by atoms with Gasteiger partial charge in [0.05, 0.1) is 19.7 Å². The minimum Gasteiger partial charge on any atom is -0.258 e. The smallest absolute Gasteiger partial charge is 0.258 e. The van der Waals surface area contributed by atoms with Crippen LogP contribution in [0.5, 0.6) is 0 Å². The van der Waals surface area contributed by atoms with Gasteiger partial charge in [-0.2, -0.15) is 21.9 Å². The van der Waals surface area contributed by atoms with Gasteiger partial charge in [0.15, 0.2) is 0 Å². The van der Waals surface area contributed by atoms with Gasteiger partial charge >= 0.3 is 29.6 Å². The van der Waals surface area contributed by atoms with Crippen LogP contribution in [0.4, 0.5) is 22.7 Å². The van der Waals surface area contributed by atoms with E-state index in [1.807, 2.05) is 0 Å². The molecule has 0 fully saturated rings. The number of rotatable bonds is 8. The quantitative estimate of drug-likeness (QED) is 0.172. The number of non-ortho nitro benzene ring substituents is 4. The van der Waals surface area contributed by atoms with Crippen LogP contribution >= 0.6 is 0 Å². The third-order valence-corrected chi connectivity index (χ3v) is 6.32. The summed E-state index contributed by atoms with van der Waals surface area (Å²) in [7, 11) is 0. The van der Waals surface area contributed by atoms with Crippen LogP contribution in [0.3, 0.4) is 0 Å². The van der Waals surface area contributed by atoms with Crippen molar-refractivity contribution in [2.24, 2.45) is 0 Å². The summed E-state index contributed by atoms with van der Waals surface area (Å²) in [5.74, 6) is 0. The molecular formula is C24H16BN4NaO8. The van der Waals surface area contributed by atoms with Crippen LogP contribution in [-0.4, -0.2) is 25.8 Å². The van der Waals surface area contributed by atoms with Crippen molar-refractivity contribution in [3.8, 4) is 0 Å². The van der Waals surface area contributed by atoms with Crippen LogP contribution in [0.1, 0.15) is 0 Å². The molecule has 4 aromatic carbocycles. The molecule has 0 heterocycles. The van der Waals surface area contributed by atoms with Crippen molar-refractivity contribution in [2.45, 2.75) is 0 Å². The predicted molar refractivity (Wildman–Crippen MR) is 137 cm³/mol. The van der Waals surface area contributed by atoms with Crippen molar-refractivity contribution in [3.05, 3.63) is 138 Å². The molecule has 0 saturated heterocycles. The SMILES string of the molecule is O=[N+]([O-])c1cccc([B-](c2cccc([N+](=O)[O-])c2)(c2cccc([N+](=O)[O-])c2)c2cccc([N+](=O)[O-])c2)c1.[Na+]. The van der Waals surface area contributed by atoms with Crippen LogP contribution in [0.25, 0.3) is 0 Å². The molecule has 0 unspecified atom stereocenters. The maximum Gasteiger partial charge on any atom is 1.00 e. The second kappa shape index (κ2) is 11.3. The van der Waals surface area contributed by atoms with E-state index in [1.165, 1.54) is 72.8 Å². The Morgan fingerprint density at radius 1 is 0.421 bits per heavy atom. The number of nitro benzene ring substituents is 4. The molecular weight excluding hydrogens is 506 g/mol. The molecule has 0 atom stereocenters. The first-order valence-electron chi connectivity index (χ1n) is 10.8. The fourth-order valence-corrected chi connectivity index (χ4v) is 4.79. The summed E-state index contributed by atoms with van der Waals surface area (Å²) in [5, 5.41) is 46.7. The molecule has 14 heteroatoms. The van der Waals surface area contributed by atoms with Gasteiger partial charge in [0, 0.05) is 24.3 Å². The normalized spacial score (nSPS) is 10.7. The molecule has 0 amide bonds. The first-order valence-corrected chi connectivity index (χ1v) is 10.8. The average Bonchev–Trinajstić information content (AvgIpc) is 2.90. The summed E-state index contributed by atoms with van der Waals surface area (Å²) < 4.78 is 0. The predicted octanol–water partition coefficient (Wildman–Crippen LogP) is -0.299. The van der Waals surface area contributed by atoms with E-state index in [4.69, 9.17) is 0 Å². The van der Waals surface area contributed by atoms with Crippen molar-refractivity contribution in [1.82, 2.24) is 0 Å². The van der Waals surface area contributed by atoms with Crippen molar-refractivity contribution >= 4 is 50.7 Å². The molecule has 4 aromatic rings. The first-order chi connectivity index (χ1) is 17.6. The number of benzene rings is 4. The van der Waals surface area contributed by atoms with Crippen molar-refractivity contribution in [3.63, 3.8) is 0 Å². The Balaban J connectivity index is 0.00000400. The monoisotopic (exact) mass is 522 g/mol. The van der Waals surface area contributed by atoms with Gasteiger partial charge in [-0.25, -0.2) is 0 Å². The Morgan fingerprint density at radius 3 is 0.816 bits per heavy atom. The average molecular weight is 522 g/mol. The van der Waals surface area contributed by atoms with Gasteiger partial charge in [0.25, 0.3) is 22.7 Å². The molecule has 0 aliphatic rings. The Hall–Kier alpha value is -4.46. The second-order valence-corrected chi connectivity index (χ2v) is 8.27. The number of hydrogen-bond acceptors (Lipinski definition) is 8. The van der Waals surface area contributed by atoms with Gasteiger partial charge in [-0.3, -0.25) is 40.5 Å². The van der Waals surface area contributed by atoms with Crippen LogP contribution in [0, 0.1) is 40.5 Å². The van der Waals surface area contributed by atoms with Crippen molar-refractivity contribution in [2.75, 3.05) is 0 Å². The molecule has 0 aliphatic carbocycles. The molecule has 0 aliphatic heterocycles.